The number of halogens is 2. The van der Waals surface area contributed by atoms with Crippen molar-refractivity contribution in [2.75, 3.05) is 26.9 Å². The Labute approximate surface area is 159 Å². The minimum absolute atomic E-state index is 0.0811. The second-order valence-corrected chi connectivity index (χ2v) is 6.12. The first-order chi connectivity index (χ1) is 12.7. The van der Waals surface area contributed by atoms with E-state index in [-0.39, 0.29) is 12.4 Å². The Kier molecular flexibility index (Phi) is 8.68. The molecule has 0 aliphatic rings. The number of hydrogen-bond donors (Lipinski definition) is 1. The lowest BCUT2D eigenvalue weighted by Gasteiger charge is -2.15. The van der Waals surface area contributed by atoms with Crippen LogP contribution in [0, 0.1) is 5.82 Å². The molecule has 0 aliphatic carbocycles. The summed E-state index contributed by atoms with van der Waals surface area (Å²) in [5, 5.41) is 3.78. The van der Waals surface area contributed by atoms with Crippen LogP contribution in [0.5, 0.6) is 11.5 Å². The van der Waals surface area contributed by atoms with Gasteiger partial charge in [-0.3, -0.25) is 0 Å². The molecule has 2 aromatic rings. The molecule has 2 aromatic carbocycles. The first-order valence-electron chi connectivity index (χ1n) is 8.66. The SMILES string of the molecule is CCOCCCNCc1cc(Cl)c(OCc2ccccc2F)c(OC)c1. The standard InChI is InChI=1S/C20H25ClFNO3/c1-3-25-10-6-9-23-13-15-11-17(21)20(19(12-15)24-2)26-14-16-7-4-5-8-18(16)22/h4-5,7-8,11-12,23H,3,6,9-10,13-14H2,1-2H3. The highest BCUT2D eigenvalue weighted by Crippen LogP contribution is 2.37. The summed E-state index contributed by atoms with van der Waals surface area (Å²) < 4.78 is 30.1. The van der Waals surface area contributed by atoms with Gasteiger partial charge in [-0.1, -0.05) is 29.8 Å². The summed E-state index contributed by atoms with van der Waals surface area (Å²) in [6, 6.07) is 10.2. The number of rotatable bonds is 11. The zero-order chi connectivity index (χ0) is 18.8. The van der Waals surface area contributed by atoms with Gasteiger partial charge in [0.05, 0.1) is 12.1 Å². The molecule has 0 saturated carbocycles. The predicted octanol–water partition coefficient (Wildman–Crippen LogP) is 4.58. The molecule has 0 heterocycles. The minimum Gasteiger partial charge on any atom is -0.493 e. The summed E-state index contributed by atoms with van der Waals surface area (Å²) >= 11 is 6.35. The molecule has 0 aromatic heterocycles. The molecule has 4 nitrogen and oxygen atoms in total. The Balaban J connectivity index is 1.96. The Morgan fingerprint density at radius 2 is 2.00 bits per heavy atom. The Hall–Kier alpha value is -1.82. The lowest BCUT2D eigenvalue weighted by molar-refractivity contribution is 0.144. The summed E-state index contributed by atoms with van der Waals surface area (Å²) in [6.07, 6.45) is 0.947. The van der Waals surface area contributed by atoms with Crippen molar-refractivity contribution in [2.45, 2.75) is 26.5 Å². The first kappa shape index (κ1) is 20.5. The van der Waals surface area contributed by atoms with E-state index in [9.17, 15) is 4.39 Å². The normalized spacial score (nSPS) is 10.8. The Morgan fingerprint density at radius 1 is 1.19 bits per heavy atom. The third kappa shape index (κ3) is 6.16. The van der Waals surface area contributed by atoms with Gasteiger partial charge < -0.3 is 19.5 Å². The van der Waals surface area contributed by atoms with Gasteiger partial charge in [-0.25, -0.2) is 4.39 Å². The lowest BCUT2D eigenvalue weighted by Crippen LogP contribution is -2.16. The highest BCUT2D eigenvalue weighted by molar-refractivity contribution is 6.32. The van der Waals surface area contributed by atoms with Gasteiger partial charge in [0.15, 0.2) is 11.5 Å². The van der Waals surface area contributed by atoms with E-state index in [1.54, 1.807) is 25.3 Å². The van der Waals surface area contributed by atoms with E-state index in [0.29, 0.717) is 28.6 Å². The molecule has 0 fully saturated rings. The van der Waals surface area contributed by atoms with Crippen LogP contribution in [0.3, 0.4) is 0 Å². The van der Waals surface area contributed by atoms with Crippen LogP contribution in [0.2, 0.25) is 5.02 Å². The number of benzene rings is 2. The second kappa shape index (κ2) is 11.0. The van der Waals surface area contributed by atoms with Gasteiger partial charge in [0.25, 0.3) is 0 Å². The minimum atomic E-state index is -0.310. The highest BCUT2D eigenvalue weighted by atomic mass is 35.5. The average molecular weight is 382 g/mol. The molecule has 0 atom stereocenters. The highest BCUT2D eigenvalue weighted by Gasteiger charge is 2.13. The zero-order valence-corrected chi connectivity index (χ0v) is 15.9. The van der Waals surface area contributed by atoms with Gasteiger partial charge in [0.1, 0.15) is 12.4 Å². The number of methoxy groups -OCH3 is 1. The molecule has 0 amide bonds. The molecule has 0 bridgehead atoms. The zero-order valence-electron chi connectivity index (χ0n) is 15.2. The van der Waals surface area contributed by atoms with Gasteiger partial charge in [-0.15, -0.1) is 0 Å². The van der Waals surface area contributed by atoms with Crippen molar-refractivity contribution in [2.24, 2.45) is 0 Å². The summed E-state index contributed by atoms with van der Waals surface area (Å²) in [7, 11) is 1.56. The third-order valence-corrected chi connectivity index (χ3v) is 4.08. The van der Waals surface area contributed by atoms with Gasteiger partial charge >= 0.3 is 0 Å². The molecule has 6 heteroatoms. The van der Waals surface area contributed by atoms with Gasteiger partial charge in [0, 0.05) is 25.3 Å². The van der Waals surface area contributed by atoms with E-state index in [1.165, 1.54) is 6.07 Å². The van der Waals surface area contributed by atoms with Crippen molar-refractivity contribution < 1.29 is 18.6 Å². The molecule has 2 rings (SSSR count). The van der Waals surface area contributed by atoms with Gasteiger partial charge in [0.2, 0.25) is 0 Å². The topological polar surface area (TPSA) is 39.7 Å². The Morgan fingerprint density at radius 3 is 2.73 bits per heavy atom. The molecule has 0 radical (unpaired) electrons. The molecule has 0 spiro atoms. The van der Waals surface area contributed by atoms with Crippen molar-refractivity contribution in [3.8, 4) is 11.5 Å². The number of hydrogen-bond acceptors (Lipinski definition) is 4. The van der Waals surface area contributed by atoms with Gasteiger partial charge in [-0.2, -0.15) is 0 Å². The quantitative estimate of drug-likeness (QED) is 0.578. The number of ether oxygens (including phenoxy) is 3. The smallest absolute Gasteiger partial charge is 0.180 e. The van der Waals surface area contributed by atoms with Crippen molar-refractivity contribution in [1.29, 1.82) is 0 Å². The largest absolute Gasteiger partial charge is 0.493 e. The molecule has 0 aliphatic heterocycles. The summed E-state index contributed by atoms with van der Waals surface area (Å²) in [5.41, 5.74) is 1.45. The van der Waals surface area contributed by atoms with E-state index < -0.39 is 0 Å². The van der Waals surface area contributed by atoms with E-state index in [0.717, 1.165) is 31.7 Å². The van der Waals surface area contributed by atoms with Crippen molar-refractivity contribution >= 4 is 11.6 Å². The van der Waals surface area contributed by atoms with Crippen LogP contribution < -0.4 is 14.8 Å². The van der Waals surface area contributed by atoms with Crippen molar-refractivity contribution in [3.05, 3.63) is 58.4 Å². The van der Waals surface area contributed by atoms with E-state index in [4.69, 9.17) is 25.8 Å². The second-order valence-electron chi connectivity index (χ2n) is 5.72. The summed E-state index contributed by atoms with van der Waals surface area (Å²) in [5.74, 6) is 0.632. The predicted molar refractivity (Wildman–Crippen MR) is 102 cm³/mol. The molecular formula is C20H25ClFNO3. The van der Waals surface area contributed by atoms with E-state index >= 15 is 0 Å². The molecule has 142 valence electrons. The number of nitrogens with one attached hydrogen (secondary N) is 1. The summed E-state index contributed by atoms with van der Waals surface area (Å²) in [4.78, 5) is 0. The molecule has 26 heavy (non-hydrogen) atoms. The van der Waals surface area contributed by atoms with Crippen molar-refractivity contribution in [1.82, 2.24) is 5.32 Å². The maximum Gasteiger partial charge on any atom is 0.180 e. The van der Waals surface area contributed by atoms with Crippen LogP contribution in [0.25, 0.3) is 0 Å². The third-order valence-electron chi connectivity index (χ3n) is 3.79. The fourth-order valence-corrected chi connectivity index (χ4v) is 2.74. The lowest BCUT2D eigenvalue weighted by atomic mass is 10.2. The average Bonchev–Trinajstić information content (AvgIpc) is 2.64. The fourth-order valence-electron chi connectivity index (χ4n) is 2.46. The van der Waals surface area contributed by atoms with Crippen LogP contribution >= 0.6 is 11.6 Å². The van der Waals surface area contributed by atoms with Crippen LogP contribution in [0.4, 0.5) is 4.39 Å². The van der Waals surface area contributed by atoms with Gasteiger partial charge in [-0.05, 0) is 43.7 Å². The monoisotopic (exact) mass is 381 g/mol. The molecule has 1 N–H and O–H groups in total. The van der Waals surface area contributed by atoms with Crippen LogP contribution in [0.1, 0.15) is 24.5 Å². The Bertz CT molecular complexity index is 697. The first-order valence-corrected chi connectivity index (χ1v) is 9.04. The van der Waals surface area contributed by atoms with E-state index in [1.807, 2.05) is 19.1 Å². The van der Waals surface area contributed by atoms with Crippen molar-refractivity contribution in [3.63, 3.8) is 0 Å². The summed E-state index contributed by atoms with van der Waals surface area (Å²) in [6.45, 7) is 5.06. The van der Waals surface area contributed by atoms with Crippen LogP contribution in [-0.4, -0.2) is 26.9 Å². The van der Waals surface area contributed by atoms with E-state index in [2.05, 4.69) is 5.32 Å². The van der Waals surface area contributed by atoms with Crippen LogP contribution in [0.15, 0.2) is 36.4 Å². The maximum absolute atomic E-state index is 13.7. The fraction of sp³-hybridized carbons (Fsp3) is 0.400. The van der Waals surface area contributed by atoms with Crippen LogP contribution in [-0.2, 0) is 17.9 Å². The maximum atomic E-state index is 13.7. The molecule has 0 unspecified atom stereocenters. The molecule has 0 saturated heterocycles. The molecular weight excluding hydrogens is 357 g/mol.